The molecule has 6 heteroatoms. The number of hydrogen-bond donors (Lipinski definition) is 1. The van der Waals surface area contributed by atoms with Crippen LogP contribution in [0.15, 0.2) is 65.8 Å². The zero-order valence-electron chi connectivity index (χ0n) is 12.1. The molecule has 0 fully saturated rings. The van der Waals surface area contributed by atoms with Crippen LogP contribution in [0.3, 0.4) is 0 Å². The maximum Gasteiger partial charge on any atom is 0.278 e. The van der Waals surface area contributed by atoms with Crippen molar-refractivity contribution in [2.24, 2.45) is 0 Å². The summed E-state index contributed by atoms with van der Waals surface area (Å²) in [7, 11) is 0. The summed E-state index contributed by atoms with van der Waals surface area (Å²) in [4.78, 5) is 15.6. The number of nitrogens with zero attached hydrogens (tertiary/aromatic N) is 2. The first-order chi connectivity index (χ1) is 11.2. The third-order valence-electron chi connectivity index (χ3n) is 3.53. The third-order valence-corrected chi connectivity index (χ3v) is 4.68. The number of fused-ring (bicyclic) bond motifs is 1. The number of nitro groups is 1. The Morgan fingerprint density at radius 2 is 1.91 bits per heavy atom. The minimum absolute atomic E-state index is 0.0426. The summed E-state index contributed by atoms with van der Waals surface area (Å²) in [5.41, 5.74) is 0.897. The van der Waals surface area contributed by atoms with Crippen molar-refractivity contribution in [3.63, 3.8) is 0 Å². The average molecular weight is 326 g/mol. The van der Waals surface area contributed by atoms with Gasteiger partial charge in [-0.3, -0.25) is 15.1 Å². The summed E-state index contributed by atoms with van der Waals surface area (Å²) in [6.45, 7) is 0. The first-order valence-corrected chi connectivity index (χ1v) is 8.02. The molecule has 5 nitrogen and oxygen atoms in total. The summed E-state index contributed by atoms with van der Waals surface area (Å²) in [6, 6.07) is 14.4. The molecule has 0 aliphatic rings. The standard InChI is InChI=1S/C17H14N2O3S/c20-16(12-4-2-1-3-5-12)11-23-17-7-6-15(19(21)22)14-10-18-9-8-13(14)17/h1-10,16,20H,11H2/t16-/m1/s1. The maximum absolute atomic E-state index is 11.1. The molecule has 0 saturated heterocycles. The monoisotopic (exact) mass is 326 g/mol. The molecule has 0 bridgehead atoms. The molecular formula is C17H14N2O3S. The number of rotatable bonds is 5. The minimum Gasteiger partial charge on any atom is -0.388 e. The molecule has 23 heavy (non-hydrogen) atoms. The van der Waals surface area contributed by atoms with Gasteiger partial charge in [-0.05, 0) is 17.7 Å². The fourth-order valence-corrected chi connectivity index (χ4v) is 3.40. The first-order valence-electron chi connectivity index (χ1n) is 7.04. The van der Waals surface area contributed by atoms with Crippen LogP contribution in [0.1, 0.15) is 11.7 Å². The summed E-state index contributed by atoms with van der Waals surface area (Å²) in [5.74, 6) is 0.471. The molecule has 0 aliphatic carbocycles. The van der Waals surface area contributed by atoms with Crippen molar-refractivity contribution < 1.29 is 10.0 Å². The van der Waals surface area contributed by atoms with Gasteiger partial charge in [0.1, 0.15) is 0 Å². The maximum atomic E-state index is 11.1. The molecule has 0 spiro atoms. The van der Waals surface area contributed by atoms with Crippen LogP contribution in [-0.2, 0) is 0 Å². The lowest BCUT2D eigenvalue weighted by atomic mass is 10.1. The van der Waals surface area contributed by atoms with E-state index in [0.717, 1.165) is 15.8 Å². The Morgan fingerprint density at radius 1 is 1.13 bits per heavy atom. The lowest BCUT2D eigenvalue weighted by Gasteiger charge is -2.12. The van der Waals surface area contributed by atoms with Crippen molar-refractivity contribution in [1.29, 1.82) is 0 Å². The van der Waals surface area contributed by atoms with Crippen LogP contribution in [-0.4, -0.2) is 20.8 Å². The van der Waals surface area contributed by atoms with Crippen molar-refractivity contribution >= 4 is 28.2 Å². The minimum atomic E-state index is -0.590. The van der Waals surface area contributed by atoms with Gasteiger partial charge in [-0.2, -0.15) is 0 Å². The second-order valence-electron chi connectivity index (χ2n) is 5.00. The zero-order valence-corrected chi connectivity index (χ0v) is 12.9. The van der Waals surface area contributed by atoms with E-state index in [1.165, 1.54) is 24.0 Å². The van der Waals surface area contributed by atoms with E-state index in [4.69, 9.17) is 0 Å². The smallest absolute Gasteiger partial charge is 0.278 e. The number of pyridine rings is 1. The molecule has 1 atom stereocenters. The van der Waals surface area contributed by atoms with E-state index in [1.807, 2.05) is 30.3 Å². The van der Waals surface area contributed by atoms with Crippen LogP contribution in [0.4, 0.5) is 5.69 Å². The SMILES string of the molecule is O=[N+]([O-])c1ccc(SC[C@@H](O)c2ccccc2)c2ccncc12. The molecule has 0 radical (unpaired) electrons. The fraction of sp³-hybridized carbons (Fsp3) is 0.118. The molecule has 2 aromatic carbocycles. The highest BCUT2D eigenvalue weighted by Crippen LogP contribution is 2.34. The number of thioether (sulfide) groups is 1. The van der Waals surface area contributed by atoms with Crippen LogP contribution in [0.2, 0.25) is 0 Å². The molecular weight excluding hydrogens is 312 g/mol. The van der Waals surface area contributed by atoms with Gasteiger partial charge in [-0.25, -0.2) is 0 Å². The van der Waals surface area contributed by atoms with Gasteiger partial charge in [0.15, 0.2) is 0 Å². The Balaban J connectivity index is 1.87. The lowest BCUT2D eigenvalue weighted by molar-refractivity contribution is -0.383. The van der Waals surface area contributed by atoms with E-state index in [1.54, 1.807) is 18.3 Å². The molecule has 116 valence electrons. The number of non-ortho nitro benzene ring substituents is 1. The molecule has 0 unspecified atom stereocenters. The predicted molar refractivity (Wildman–Crippen MR) is 90.5 cm³/mol. The van der Waals surface area contributed by atoms with Crippen LogP contribution in [0, 0.1) is 10.1 Å². The number of aromatic nitrogens is 1. The topological polar surface area (TPSA) is 76.3 Å². The predicted octanol–water partition coefficient (Wildman–Crippen LogP) is 3.97. The van der Waals surface area contributed by atoms with Crippen molar-refractivity contribution in [3.8, 4) is 0 Å². The van der Waals surface area contributed by atoms with Gasteiger partial charge in [0.05, 0.1) is 16.4 Å². The van der Waals surface area contributed by atoms with Gasteiger partial charge in [-0.15, -0.1) is 11.8 Å². The normalized spacial score (nSPS) is 12.2. The van der Waals surface area contributed by atoms with Gasteiger partial charge in [0, 0.05) is 34.5 Å². The molecule has 3 aromatic rings. The van der Waals surface area contributed by atoms with Gasteiger partial charge >= 0.3 is 0 Å². The lowest BCUT2D eigenvalue weighted by Crippen LogP contribution is -2.00. The highest BCUT2D eigenvalue weighted by molar-refractivity contribution is 7.99. The molecule has 1 N–H and O–H groups in total. The van der Waals surface area contributed by atoms with E-state index >= 15 is 0 Å². The Hall–Kier alpha value is -2.44. The number of hydrogen-bond acceptors (Lipinski definition) is 5. The fourth-order valence-electron chi connectivity index (χ4n) is 2.37. The van der Waals surface area contributed by atoms with E-state index in [9.17, 15) is 15.2 Å². The first kappa shape index (κ1) is 15.5. The quantitative estimate of drug-likeness (QED) is 0.436. The van der Waals surface area contributed by atoms with Gasteiger partial charge < -0.3 is 5.11 Å². The van der Waals surface area contributed by atoms with E-state index in [-0.39, 0.29) is 5.69 Å². The Bertz CT molecular complexity index is 840. The second-order valence-corrected chi connectivity index (χ2v) is 6.06. The van der Waals surface area contributed by atoms with Gasteiger partial charge in [0.25, 0.3) is 5.69 Å². The Labute approximate surface area is 137 Å². The largest absolute Gasteiger partial charge is 0.388 e. The molecule has 0 aliphatic heterocycles. The van der Waals surface area contributed by atoms with Crippen molar-refractivity contribution in [1.82, 2.24) is 4.98 Å². The van der Waals surface area contributed by atoms with E-state index in [2.05, 4.69) is 4.98 Å². The van der Waals surface area contributed by atoms with Gasteiger partial charge in [-0.1, -0.05) is 30.3 Å². The van der Waals surface area contributed by atoms with E-state index < -0.39 is 11.0 Å². The van der Waals surface area contributed by atoms with Crippen molar-refractivity contribution in [3.05, 3.63) is 76.6 Å². The summed E-state index contributed by atoms with van der Waals surface area (Å²) >= 11 is 1.47. The second kappa shape index (κ2) is 6.76. The summed E-state index contributed by atoms with van der Waals surface area (Å²) in [5, 5.41) is 22.7. The molecule has 0 saturated carbocycles. The Kier molecular flexibility index (Phi) is 4.55. The summed E-state index contributed by atoms with van der Waals surface area (Å²) < 4.78 is 0. The van der Waals surface area contributed by atoms with Crippen LogP contribution >= 0.6 is 11.8 Å². The summed E-state index contributed by atoms with van der Waals surface area (Å²) in [6.07, 6.45) is 2.53. The highest BCUT2D eigenvalue weighted by atomic mass is 32.2. The van der Waals surface area contributed by atoms with Crippen LogP contribution in [0.25, 0.3) is 10.8 Å². The van der Waals surface area contributed by atoms with Crippen molar-refractivity contribution in [2.75, 3.05) is 5.75 Å². The number of benzene rings is 2. The molecule has 1 aromatic heterocycles. The number of nitro benzene ring substituents is 1. The molecule has 1 heterocycles. The Morgan fingerprint density at radius 3 is 2.65 bits per heavy atom. The van der Waals surface area contributed by atoms with Crippen LogP contribution in [0.5, 0.6) is 0 Å². The van der Waals surface area contributed by atoms with Crippen molar-refractivity contribution in [2.45, 2.75) is 11.0 Å². The third kappa shape index (κ3) is 3.33. The molecule has 0 amide bonds. The number of aliphatic hydroxyl groups is 1. The van der Waals surface area contributed by atoms with Gasteiger partial charge in [0.2, 0.25) is 0 Å². The van der Waals surface area contributed by atoms with Crippen LogP contribution < -0.4 is 0 Å². The van der Waals surface area contributed by atoms with E-state index in [0.29, 0.717) is 11.1 Å². The molecule has 3 rings (SSSR count). The highest BCUT2D eigenvalue weighted by Gasteiger charge is 2.15. The number of aliphatic hydroxyl groups excluding tert-OH is 1. The zero-order chi connectivity index (χ0) is 16.2. The average Bonchev–Trinajstić information content (AvgIpc) is 2.59.